The number of nitrogens with zero attached hydrogens (tertiary/aromatic N) is 3. The van der Waals surface area contributed by atoms with Crippen LogP contribution in [-0.4, -0.2) is 26.7 Å². The lowest BCUT2D eigenvalue weighted by Gasteiger charge is -2.12. The van der Waals surface area contributed by atoms with E-state index in [2.05, 4.69) is 15.0 Å². The summed E-state index contributed by atoms with van der Waals surface area (Å²) in [6.07, 6.45) is 5.46. The molecule has 0 amide bonds. The van der Waals surface area contributed by atoms with Crippen LogP contribution in [0, 0.1) is 6.92 Å². The van der Waals surface area contributed by atoms with Crippen LogP contribution in [0.25, 0.3) is 11.3 Å². The maximum absolute atomic E-state index is 9.47. The second kappa shape index (κ2) is 4.14. The van der Waals surface area contributed by atoms with Gasteiger partial charge in [-0.05, 0) is 38.0 Å². The average Bonchev–Trinajstić information content (AvgIpc) is 3.20. The zero-order valence-corrected chi connectivity index (χ0v) is 10.3. The number of aliphatic hydroxyl groups excluding tert-OH is 1. The number of hydrogen-bond donors (Lipinski definition) is 1. The molecule has 2 heterocycles. The predicted molar refractivity (Wildman–Crippen MR) is 68.0 cm³/mol. The smallest absolute Gasteiger partial charge is 0.137 e. The minimum Gasteiger partial charge on any atom is -0.395 e. The third kappa shape index (κ3) is 1.88. The van der Waals surface area contributed by atoms with Crippen LogP contribution in [0.15, 0.2) is 30.6 Å². The first-order valence-electron chi connectivity index (χ1n) is 6.11. The Hall–Kier alpha value is -1.81. The van der Waals surface area contributed by atoms with Crippen LogP contribution in [0.3, 0.4) is 0 Å². The summed E-state index contributed by atoms with van der Waals surface area (Å²) in [6, 6.07) is 5.83. The molecule has 0 spiro atoms. The third-order valence-electron chi connectivity index (χ3n) is 3.46. The van der Waals surface area contributed by atoms with E-state index in [0.717, 1.165) is 35.6 Å². The van der Waals surface area contributed by atoms with Crippen molar-refractivity contribution in [2.75, 3.05) is 6.61 Å². The summed E-state index contributed by atoms with van der Waals surface area (Å²) in [5.41, 5.74) is 2.69. The van der Waals surface area contributed by atoms with Crippen molar-refractivity contribution in [3.05, 3.63) is 42.1 Å². The second-order valence-corrected chi connectivity index (χ2v) is 4.89. The van der Waals surface area contributed by atoms with E-state index in [0.29, 0.717) is 0 Å². The molecular formula is C14H15N3O. The van der Waals surface area contributed by atoms with Crippen LogP contribution in [0.2, 0.25) is 0 Å². The van der Waals surface area contributed by atoms with Gasteiger partial charge in [0.1, 0.15) is 5.82 Å². The molecule has 1 aliphatic carbocycles. The number of rotatable bonds is 3. The molecule has 0 atom stereocenters. The largest absolute Gasteiger partial charge is 0.395 e. The van der Waals surface area contributed by atoms with Gasteiger partial charge in [0.05, 0.1) is 17.7 Å². The van der Waals surface area contributed by atoms with Gasteiger partial charge in [0.2, 0.25) is 0 Å². The highest BCUT2D eigenvalue weighted by Gasteiger charge is 2.46. The van der Waals surface area contributed by atoms with E-state index in [1.165, 1.54) is 0 Å². The van der Waals surface area contributed by atoms with Gasteiger partial charge in [0.15, 0.2) is 0 Å². The van der Waals surface area contributed by atoms with Gasteiger partial charge in [-0.2, -0.15) is 0 Å². The Bertz CT molecular complexity index is 565. The van der Waals surface area contributed by atoms with Gasteiger partial charge in [0, 0.05) is 23.7 Å². The van der Waals surface area contributed by atoms with E-state index in [-0.39, 0.29) is 12.0 Å². The molecule has 18 heavy (non-hydrogen) atoms. The van der Waals surface area contributed by atoms with E-state index in [4.69, 9.17) is 0 Å². The lowest BCUT2D eigenvalue weighted by atomic mass is 10.1. The van der Waals surface area contributed by atoms with Gasteiger partial charge < -0.3 is 5.11 Å². The Morgan fingerprint density at radius 2 is 1.94 bits per heavy atom. The Balaban J connectivity index is 2.07. The van der Waals surface area contributed by atoms with Gasteiger partial charge in [0.25, 0.3) is 0 Å². The van der Waals surface area contributed by atoms with Crippen molar-refractivity contribution in [3.63, 3.8) is 0 Å². The van der Waals surface area contributed by atoms with Gasteiger partial charge in [-0.15, -0.1) is 0 Å². The molecule has 3 rings (SSSR count). The average molecular weight is 241 g/mol. The Morgan fingerprint density at radius 3 is 2.56 bits per heavy atom. The summed E-state index contributed by atoms with van der Waals surface area (Å²) < 4.78 is 0. The lowest BCUT2D eigenvalue weighted by molar-refractivity contribution is 0.249. The normalized spacial score (nSPS) is 16.6. The molecule has 0 aromatic carbocycles. The van der Waals surface area contributed by atoms with E-state index in [9.17, 15) is 5.11 Å². The zero-order valence-electron chi connectivity index (χ0n) is 10.3. The molecule has 92 valence electrons. The fourth-order valence-corrected chi connectivity index (χ4v) is 2.08. The molecule has 0 radical (unpaired) electrons. The third-order valence-corrected chi connectivity index (χ3v) is 3.46. The molecule has 0 aliphatic heterocycles. The van der Waals surface area contributed by atoms with Crippen molar-refractivity contribution >= 4 is 0 Å². The van der Waals surface area contributed by atoms with E-state index in [1.54, 1.807) is 12.4 Å². The molecule has 1 N–H and O–H groups in total. The first-order chi connectivity index (χ1) is 8.73. The topological polar surface area (TPSA) is 58.9 Å². The van der Waals surface area contributed by atoms with E-state index < -0.39 is 0 Å². The molecule has 4 nitrogen and oxygen atoms in total. The number of aryl methyl sites for hydroxylation is 1. The van der Waals surface area contributed by atoms with Crippen molar-refractivity contribution < 1.29 is 5.11 Å². The van der Waals surface area contributed by atoms with Gasteiger partial charge in [-0.25, -0.2) is 9.97 Å². The molecule has 0 bridgehead atoms. The Kier molecular flexibility index (Phi) is 2.59. The summed E-state index contributed by atoms with van der Waals surface area (Å²) in [5.74, 6) is 0.775. The fraction of sp³-hybridized carbons (Fsp3) is 0.357. The maximum Gasteiger partial charge on any atom is 0.137 e. The molecular weight excluding hydrogens is 226 g/mol. The summed E-state index contributed by atoms with van der Waals surface area (Å²) >= 11 is 0. The lowest BCUT2D eigenvalue weighted by Crippen LogP contribution is -2.17. The molecule has 2 aromatic rings. The monoisotopic (exact) mass is 241 g/mol. The summed E-state index contributed by atoms with van der Waals surface area (Å²) in [4.78, 5) is 13.1. The first kappa shape index (κ1) is 11.3. The predicted octanol–water partition coefficient (Wildman–Crippen LogP) is 1.87. The summed E-state index contributed by atoms with van der Waals surface area (Å²) in [7, 11) is 0. The molecule has 2 aromatic heterocycles. The first-order valence-corrected chi connectivity index (χ1v) is 6.11. The van der Waals surface area contributed by atoms with Gasteiger partial charge in [-0.3, -0.25) is 4.98 Å². The minimum absolute atomic E-state index is 0.131. The van der Waals surface area contributed by atoms with Crippen molar-refractivity contribution in [3.8, 4) is 11.3 Å². The zero-order chi connectivity index (χ0) is 12.6. The van der Waals surface area contributed by atoms with Crippen molar-refractivity contribution in [1.82, 2.24) is 15.0 Å². The number of pyridine rings is 1. The number of hydrogen-bond acceptors (Lipinski definition) is 4. The summed E-state index contributed by atoms with van der Waals surface area (Å²) in [5, 5.41) is 9.47. The van der Waals surface area contributed by atoms with Crippen LogP contribution < -0.4 is 0 Å². The van der Waals surface area contributed by atoms with Crippen molar-refractivity contribution in [2.24, 2.45) is 0 Å². The molecule has 1 saturated carbocycles. The standard InChI is InChI=1S/C14H15N3O/c1-10-8-12(11-2-6-15-7-3-11)17-13(16-10)14(9-18)4-5-14/h2-3,6-8,18H,4-5,9H2,1H3. The maximum atomic E-state index is 9.47. The Morgan fingerprint density at radius 1 is 1.22 bits per heavy atom. The van der Waals surface area contributed by atoms with Crippen molar-refractivity contribution in [2.45, 2.75) is 25.2 Å². The highest BCUT2D eigenvalue weighted by atomic mass is 16.3. The van der Waals surface area contributed by atoms with Crippen LogP contribution in [0.1, 0.15) is 24.4 Å². The molecule has 0 saturated heterocycles. The molecule has 4 heteroatoms. The quantitative estimate of drug-likeness (QED) is 0.891. The van der Waals surface area contributed by atoms with Crippen LogP contribution in [0.4, 0.5) is 0 Å². The van der Waals surface area contributed by atoms with Crippen LogP contribution >= 0.6 is 0 Å². The highest BCUT2D eigenvalue weighted by molar-refractivity contribution is 5.58. The SMILES string of the molecule is Cc1cc(-c2ccncc2)nc(C2(CO)CC2)n1. The van der Waals surface area contributed by atoms with E-state index in [1.807, 2.05) is 25.1 Å². The van der Waals surface area contributed by atoms with Crippen molar-refractivity contribution in [1.29, 1.82) is 0 Å². The highest BCUT2D eigenvalue weighted by Crippen LogP contribution is 2.46. The minimum atomic E-state index is -0.187. The van der Waals surface area contributed by atoms with E-state index >= 15 is 0 Å². The fourth-order valence-electron chi connectivity index (χ4n) is 2.08. The molecule has 1 aliphatic rings. The van der Waals surface area contributed by atoms with Gasteiger partial charge >= 0.3 is 0 Å². The van der Waals surface area contributed by atoms with Gasteiger partial charge in [-0.1, -0.05) is 0 Å². The Labute approximate surface area is 106 Å². The van der Waals surface area contributed by atoms with Crippen LogP contribution in [-0.2, 0) is 5.41 Å². The number of aromatic nitrogens is 3. The summed E-state index contributed by atoms with van der Waals surface area (Å²) in [6.45, 7) is 2.09. The number of aliphatic hydroxyl groups is 1. The second-order valence-electron chi connectivity index (χ2n) is 4.89. The van der Waals surface area contributed by atoms with Crippen LogP contribution in [0.5, 0.6) is 0 Å². The molecule has 0 unspecified atom stereocenters. The molecule has 1 fully saturated rings.